The molecule has 3 heteroatoms. The monoisotopic (exact) mass is 336 g/mol. The molecule has 2 aromatic carbocycles. The number of ketones is 1. The Morgan fingerprint density at radius 1 is 0.920 bits per heavy atom. The van der Waals surface area contributed by atoms with Crippen LogP contribution in [0.25, 0.3) is 0 Å². The number of carbonyl (C=O) groups is 2. The van der Waals surface area contributed by atoms with Crippen LogP contribution in [0.5, 0.6) is 0 Å². The van der Waals surface area contributed by atoms with Crippen molar-refractivity contribution in [2.45, 2.75) is 44.6 Å². The van der Waals surface area contributed by atoms with Crippen LogP contribution in [0.2, 0.25) is 0 Å². The van der Waals surface area contributed by atoms with Gasteiger partial charge in [-0.3, -0.25) is 9.59 Å². The largest absolute Gasteiger partial charge is 0.459 e. The van der Waals surface area contributed by atoms with Crippen LogP contribution in [-0.4, -0.2) is 17.4 Å². The maximum Gasteiger partial charge on any atom is 0.317 e. The Balaban J connectivity index is 2.01. The van der Waals surface area contributed by atoms with Crippen LogP contribution in [-0.2, 0) is 14.3 Å². The quantitative estimate of drug-likeness (QED) is 0.613. The lowest BCUT2D eigenvalue weighted by molar-refractivity contribution is -0.161. The average molecular weight is 336 g/mol. The molecule has 1 aliphatic rings. The molecule has 1 saturated carbocycles. The Morgan fingerprint density at radius 2 is 1.44 bits per heavy atom. The summed E-state index contributed by atoms with van der Waals surface area (Å²) in [7, 11) is 0. The molecular formula is C22H24O3. The van der Waals surface area contributed by atoms with Crippen LogP contribution in [0, 0.1) is 5.92 Å². The molecule has 0 aliphatic heterocycles. The second-order valence-electron chi connectivity index (χ2n) is 7.64. The first-order valence-electron chi connectivity index (χ1n) is 8.72. The number of hydrogen-bond acceptors (Lipinski definition) is 3. The summed E-state index contributed by atoms with van der Waals surface area (Å²) in [5.41, 5.74) is 1.50. The molecule has 3 nitrogen and oxygen atoms in total. The van der Waals surface area contributed by atoms with Crippen molar-refractivity contribution >= 4 is 11.8 Å². The first kappa shape index (κ1) is 17.4. The molecule has 25 heavy (non-hydrogen) atoms. The Morgan fingerprint density at radius 3 is 1.96 bits per heavy atom. The van der Waals surface area contributed by atoms with Gasteiger partial charge in [0.2, 0.25) is 0 Å². The van der Waals surface area contributed by atoms with Gasteiger partial charge in [-0.15, -0.1) is 0 Å². The number of hydrogen-bond donors (Lipinski definition) is 0. The van der Waals surface area contributed by atoms with Crippen LogP contribution in [0.15, 0.2) is 60.7 Å². The van der Waals surface area contributed by atoms with Gasteiger partial charge in [0.05, 0.1) is 0 Å². The molecule has 0 amide bonds. The average Bonchev–Trinajstić information content (AvgIpc) is 2.92. The molecule has 1 aliphatic carbocycles. The van der Waals surface area contributed by atoms with Crippen molar-refractivity contribution in [1.82, 2.24) is 0 Å². The van der Waals surface area contributed by atoms with E-state index in [1.807, 2.05) is 81.4 Å². The Kier molecular flexibility index (Phi) is 4.76. The number of rotatable bonds is 3. The summed E-state index contributed by atoms with van der Waals surface area (Å²) in [5.74, 6) is -1.38. The molecule has 0 N–H and O–H groups in total. The van der Waals surface area contributed by atoms with E-state index in [2.05, 4.69) is 0 Å². The first-order chi connectivity index (χ1) is 11.9. The van der Waals surface area contributed by atoms with Crippen molar-refractivity contribution in [2.24, 2.45) is 5.92 Å². The van der Waals surface area contributed by atoms with Gasteiger partial charge < -0.3 is 4.74 Å². The van der Waals surface area contributed by atoms with E-state index < -0.39 is 17.5 Å². The molecule has 3 rings (SSSR count). The molecule has 0 bridgehead atoms. The van der Waals surface area contributed by atoms with E-state index in [9.17, 15) is 9.59 Å². The minimum Gasteiger partial charge on any atom is -0.459 e. The smallest absolute Gasteiger partial charge is 0.317 e. The highest BCUT2D eigenvalue weighted by Gasteiger charge is 2.49. The molecule has 0 spiro atoms. The predicted molar refractivity (Wildman–Crippen MR) is 97.3 cm³/mol. The van der Waals surface area contributed by atoms with Crippen LogP contribution < -0.4 is 0 Å². The first-order valence-corrected chi connectivity index (χ1v) is 8.72. The van der Waals surface area contributed by atoms with Crippen molar-refractivity contribution in [2.75, 3.05) is 0 Å². The minimum atomic E-state index is -0.744. The van der Waals surface area contributed by atoms with Gasteiger partial charge in [0.15, 0.2) is 0 Å². The molecule has 130 valence electrons. The fourth-order valence-electron chi connectivity index (χ4n) is 3.67. The van der Waals surface area contributed by atoms with Crippen molar-refractivity contribution in [3.05, 3.63) is 71.8 Å². The van der Waals surface area contributed by atoms with Crippen molar-refractivity contribution in [3.63, 3.8) is 0 Å². The van der Waals surface area contributed by atoms with E-state index in [-0.39, 0.29) is 17.6 Å². The highest BCUT2D eigenvalue weighted by atomic mass is 16.6. The summed E-state index contributed by atoms with van der Waals surface area (Å²) in [6.07, 6.45) is 0.369. The van der Waals surface area contributed by atoms with E-state index in [1.165, 1.54) is 0 Å². The van der Waals surface area contributed by atoms with Gasteiger partial charge in [0.1, 0.15) is 17.3 Å². The van der Waals surface area contributed by atoms with E-state index in [0.717, 1.165) is 11.1 Å². The molecule has 0 unspecified atom stereocenters. The van der Waals surface area contributed by atoms with Crippen LogP contribution in [0.1, 0.15) is 50.2 Å². The normalized spacial score (nSPS) is 23.5. The molecular weight excluding hydrogens is 312 g/mol. The summed E-state index contributed by atoms with van der Waals surface area (Å²) in [6, 6.07) is 19.8. The zero-order valence-electron chi connectivity index (χ0n) is 14.9. The van der Waals surface area contributed by atoms with Gasteiger partial charge in [-0.1, -0.05) is 60.7 Å². The zero-order chi connectivity index (χ0) is 18.0. The van der Waals surface area contributed by atoms with Crippen LogP contribution in [0.4, 0.5) is 0 Å². The van der Waals surface area contributed by atoms with E-state index in [1.54, 1.807) is 0 Å². The Labute approximate surface area is 149 Å². The standard InChI is InChI=1S/C22H24O3/c1-22(2,3)25-21(24)20-18(23)14-17(15-10-6-4-7-11-15)19(20)16-12-8-5-9-13-16/h4-13,17,19-20H,14H2,1-3H3/t17-,19+,20+/m0/s1. The van der Waals surface area contributed by atoms with Crippen molar-refractivity contribution in [3.8, 4) is 0 Å². The van der Waals surface area contributed by atoms with Gasteiger partial charge in [0, 0.05) is 12.3 Å². The van der Waals surface area contributed by atoms with Gasteiger partial charge in [-0.05, 0) is 37.8 Å². The number of ether oxygens (including phenoxy) is 1. The second kappa shape index (κ2) is 6.83. The maximum absolute atomic E-state index is 12.8. The van der Waals surface area contributed by atoms with Gasteiger partial charge >= 0.3 is 5.97 Å². The summed E-state index contributed by atoms with van der Waals surface area (Å²) in [5, 5.41) is 0. The second-order valence-corrected chi connectivity index (χ2v) is 7.64. The predicted octanol–water partition coefficient (Wildman–Crippen LogP) is 4.48. The molecule has 0 radical (unpaired) electrons. The summed E-state index contributed by atoms with van der Waals surface area (Å²) >= 11 is 0. The zero-order valence-corrected chi connectivity index (χ0v) is 14.9. The SMILES string of the molecule is CC(C)(C)OC(=O)[C@@H]1C(=O)C[C@@H](c2ccccc2)[C@H]1c1ccccc1. The lowest BCUT2D eigenvalue weighted by Gasteiger charge is -2.27. The number of Topliss-reactive ketones (excluding diaryl/α,β-unsaturated/α-hetero) is 1. The summed E-state index contributed by atoms with van der Waals surface area (Å²) in [4.78, 5) is 25.6. The van der Waals surface area contributed by atoms with Gasteiger partial charge in [-0.2, -0.15) is 0 Å². The number of esters is 1. The molecule has 2 aromatic rings. The lowest BCUT2D eigenvalue weighted by atomic mass is 9.80. The van der Waals surface area contributed by atoms with Gasteiger partial charge in [-0.25, -0.2) is 0 Å². The highest BCUT2D eigenvalue weighted by molar-refractivity contribution is 6.02. The van der Waals surface area contributed by atoms with E-state index >= 15 is 0 Å². The molecule has 0 heterocycles. The van der Waals surface area contributed by atoms with E-state index in [0.29, 0.717) is 6.42 Å². The topological polar surface area (TPSA) is 43.4 Å². The fraction of sp³-hybridized carbons (Fsp3) is 0.364. The van der Waals surface area contributed by atoms with E-state index in [4.69, 9.17) is 4.74 Å². The summed E-state index contributed by atoms with van der Waals surface area (Å²) in [6.45, 7) is 5.49. The summed E-state index contributed by atoms with van der Waals surface area (Å²) < 4.78 is 5.57. The molecule has 0 saturated heterocycles. The van der Waals surface area contributed by atoms with Crippen LogP contribution in [0.3, 0.4) is 0 Å². The highest BCUT2D eigenvalue weighted by Crippen LogP contribution is 2.48. The molecule has 1 fully saturated rings. The van der Waals surface area contributed by atoms with Gasteiger partial charge in [0.25, 0.3) is 0 Å². The third-order valence-electron chi connectivity index (χ3n) is 4.63. The van der Waals surface area contributed by atoms with Crippen molar-refractivity contribution in [1.29, 1.82) is 0 Å². The Bertz CT molecular complexity index is 744. The number of benzene rings is 2. The maximum atomic E-state index is 12.8. The Hall–Kier alpha value is -2.42. The third-order valence-corrected chi connectivity index (χ3v) is 4.63. The fourth-order valence-corrected chi connectivity index (χ4v) is 3.67. The lowest BCUT2D eigenvalue weighted by Crippen LogP contribution is -2.33. The van der Waals surface area contributed by atoms with Crippen molar-refractivity contribution < 1.29 is 14.3 Å². The van der Waals surface area contributed by atoms with Crippen LogP contribution >= 0.6 is 0 Å². The number of carbonyl (C=O) groups excluding carboxylic acids is 2. The third kappa shape index (κ3) is 3.81. The molecule has 3 atom stereocenters. The minimum absolute atomic E-state index is 0.00591. The molecule has 0 aromatic heterocycles.